The molecule has 0 radical (unpaired) electrons. The van der Waals surface area contributed by atoms with Crippen LogP contribution in [0.2, 0.25) is 0 Å². The highest BCUT2D eigenvalue weighted by molar-refractivity contribution is 5.12. The van der Waals surface area contributed by atoms with Crippen LogP contribution in [0.5, 0.6) is 0 Å². The number of aliphatic hydroxyl groups is 1. The molecule has 116 valence electrons. The van der Waals surface area contributed by atoms with Crippen LogP contribution in [-0.2, 0) is 19.9 Å². The first kappa shape index (κ1) is 13.8. The van der Waals surface area contributed by atoms with Gasteiger partial charge in [0, 0.05) is 19.2 Å². The number of aromatic nitrogens is 2. The van der Waals surface area contributed by atoms with Crippen molar-refractivity contribution < 1.29 is 5.11 Å². The van der Waals surface area contributed by atoms with Crippen molar-refractivity contribution in [1.29, 1.82) is 0 Å². The number of aryl methyl sites for hydroxylation is 2. The highest BCUT2D eigenvalue weighted by Gasteiger charge is 2.50. The lowest BCUT2D eigenvalue weighted by Gasteiger charge is -2.55. The SMILES string of the molecule is CCc1cc(CC(O)C2C3CC4CC(C3)CC2C4)n(C)n1. The fraction of sp³-hybridized carbons (Fsp3) is 0.833. The maximum absolute atomic E-state index is 10.9. The van der Waals surface area contributed by atoms with E-state index in [2.05, 4.69) is 18.1 Å². The molecule has 0 aromatic carbocycles. The second-order valence-corrected chi connectivity index (χ2v) is 7.88. The predicted octanol–water partition coefficient (Wildman–Crippen LogP) is 2.96. The van der Waals surface area contributed by atoms with Crippen LogP contribution in [0.15, 0.2) is 6.07 Å². The van der Waals surface area contributed by atoms with Crippen molar-refractivity contribution in [1.82, 2.24) is 9.78 Å². The Bertz CT molecular complexity index is 493. The summed E-state index contributed by atoms with van der Waals surface area (Å²) in [5.41, 5.74) is 2.35. The molecule has 0 amide bonds. The van der Waals surface area contributed by atoms with E-state index in [0.29, 0.717) is 5.92 Å². The summed E-state index contributed by atoms with van der Waals surface area (Å²) in [4.78, 5) is 0. The molecule has 4 fully saturated rings. The standard InChI is InChI=1S/C18H28N2O/c1-3-15-9-16(20(2)19-15)10-17(21)18-13-5-11-4-12(7-13)8-14(18)6-11/h9,11-14,17-18,21H,3-8,10H2,1-2H3. The van der Waals surface area contributed by atoms with Gasteiger partial charge in [0.05, 0.1) is 11.8 Å². The lowest BCUT2D eigenvalue weighted by Crippen LogP contribution is -2.49. The smallest absolute Gasteiger partial charge is 0.0628 e. The van der Waals surface area contributed by atoms with E-state index in [9.17, 15) is 5.11 Å². The third-order valence-electron chi connectivity index (χ3n) is 6.55. The number of nitrogens with zero attached hydrogens (tertiary/aromatic N) is 2. The molecule has 1 atom stereocenters. The first-order valence-electron chi connectivity index (χ1n) is 8.83. The normalized spacial score (nSPS) is 38.9. The van der Waals surface area contributed by atoms with E-state index in [4.69, 9.17) is 0 Å². The van der Waals surface area contributed by atoms with Crippen molar-refractivity contribution >= 4 is 0 Å². The quantitative estimate of drug-likeness (QED) is 0.925. The molecule has 3 nitrogen and oxygen atoms in total. The number of rotatable bonds is 4. The van der Waals surface area contributed by atoms with Gasteiger partial charge in [-0.2, -0.15) is 5.10 Å². The number of aliphatic hydroxyl groups excluding tert-OH is 1. The first-order valence-corrected chi connectivity index (χ1v) is 8.83. The average Bonchev–Trinajstić information content (AvgIpc) is 2.78. The van der Waals surface area contributed by atoms with Crippen molar-refractivity contribution in [2.75, 3.05) is 0 Å². The number of hydrogen-bond acceptors (Lipinski definition) is 2. The fourth-order valence-corrected chi connectivity index (χ4v) is 5.88. The predicted molar refractivity (Wildman–Crippen MR) is 82.8 cm³/mol. The molecule has 4 aliphatic carbocycles. The molecule has 0 aliphatic heterocycles. The van der Waals surface area contributed by atoms with Crippen molar-refractivity contribution in [3.8, 4) is 0 Å². The molecule has 4 saturated carbocycles. The minimum Gasteiger partial charge on any atom is -0.392 e. The molecule has 1 heterocycles. The zero-order valence-corrected chi connectivity index (χ0v) is 13.3. The summed E-state index contributed by atoms with van der Waals surface area (Å²) in [5.74, 6) is 4.13. The van der Waals surface area contributed by atoms with Crippen LogP contribution in [0.4, 0.5) is 0 Å². The third-order valence-corrected chi connectivity index (χ3v) is 6.55. The summed E-state index contributed by atoms with van der Waals surface area (Å²) in [6.45, 7) is 2.14. The van der Waals surface area contributed by atoms with Gasteiger partial charge in [0.15, 0.2) is 0 Å². The zero-order valence-electron chi connectivity index (χ0n) is 13.3. The van der Waals surface area contributed by atoms with Crippen LogP contribution in [0.3, 0.4) is 0 Å². The zero-order chi connectivity index (χ0) is 14.6. The molecule has 5 rings (SSSR count). The maximum Gasteiger partial charge on any atom is 0.0628 e. The van der Waals surface area contributed by atoms with Gasteiger partial charge in [-0.1, -0.05) is 6.92 Å². The summed E-state index contributed by atoms with van der Waals surface area (Å²) in [7, 11) is 2.01. The minimum atomic E-state index is -0.167. The largest absolute Gasteiger partial charge is 0.392 e. The van der Waals surface area contributed by atoms with E-state index in [1.54, 1.807) is 0 Å². The Morgan fingerprint density at radius 2 is 1.81 bits per heavy atom. The van der Waals surface area contributed by atoms with Crippen LogP contribution in [0.1, 0.15) is 50.4 Å². The molecule has 21 heavy (non-hydrogen) atoms. The van der Waals surface area contributed by atoms with Gasteiger partial charge < -0.3 is 5.11 Å². The maximum atomic E-state index is 10.9. The Kier molecular flexibility index (Phi) is 3.36. The van der Waals surface area contributed by atoms with Crippen LogP contribution in [0.25, 0.3) is 0 Å². The Morgan fingerprint density at radius 1 is 1.19 bits per heavy atom. The van der Waals surface area contributed by atoms with Crippen molar-refractivity contribution in [2.24, 2.45) is 36.6 Å². The van der Waals surface area contributed by atoms with Crippen LogP contribution >= 0.6 is 0 Å². The summed E-state index contributed by atoms with van der Waals surface area (Å²) in [5, 5.41) is 15.4. The van der Waals surface area contributed by atoms with Crippen LogP contribution in [-0.4, -0.2) is 21.0 Å². The lowest BCUT2D eigenvalue weighted by molar-refractivity contribution is -0.0891. The fourth-order valence-electron chi connectivity index (χ4n) is 5.88. The van der Waals surface area contributed by atoms with E-state index in [1.165, 1.54) is 37.8 Å². The Labute approximate surface area is 127 Å². The van der Waals surface area contributed by atoms with Gasteiger partial charge in [-0.25, -0.2) is 0 Å². The molecule has 4 aliphatic rings. The molecule has 0 saturated heterocycles. The molecule has 3 heteroatoms. The van der Waals surface area contributed by atoms with Crippen molar-refractivity contribution in [2.45, 2.75) is 58.0 Å². The van der Waals surface area contributed by atoms with Crippen LogP contribution in [0, 0.1) is 29.6 Å². The van der Waals surface area contributed by atoms with E-state index in [0.717, 1.165) is 42.2 Å². The Morgan fingerprint density at radius 3 is 2.33 bits per heavy atom. The molecule has 1 aromatic heterocycles. The Balaban J connectivity index is 1.49. The Hall–Kier alpha value is -0.830. The van der Waals surface area contributed by atoms with E-state index < -0.39 is 0 Å². The average molecular weight is 288 g/mol. The van der Waals surface area contributed by atoms with E-state index in [-0.39, 0.29) is 6.10 Å². The third kappa shape index (κ3) is 2.34. The summed E-state index contributed by atoms with van der Waals surface area (Å²) in [6.07, 6.45) is 8.64. The monoisotopic (exact) mass is 288 g/mol. The highest BCUT2D eigenvalue weighted by Crippen LogP contribution is 2.57. The first-order chi connectivity index (χ1) is 10.1. The van der Waals surface area contributed by atoms with Crippen molar-refractivity contribution in [3.63, 3.8) is 0 Å². The second kappa shape index (κ2) is 5.12. The van der Waals surface area contributed by atoms with Crippen molar-refractivity contribution in [3.05, 3.63) is 17.5 Å². The van der Waals surface area contributed by atoms with E-state index >= 15 is 0 Å². The molecular formula is C18H28N2O. The van der Waals surface area contributed by atoms with Gasteiger partial charge >= 0.3 is 0 Å². The highest BCUT2D eigenvalue weighted by atomic mass is 16.3. The molecule has 4 bridgehead atoms. The minimum absolute atomic E-state index is 0.167. The molecule has 1 unspecified atom stereocenters. The number of hydrogen-bond donors (Lipinski definition) is 1. The van der Waals surface area contributed by atoms with Gasteiger partial charge in [0.2, 0.25) is 0 Å². The molecular weight excluding hydrogens is 260 g/mol. The van der Waals surface area contributed by atoms with Gasteiger partial charge in [-0.05, 0) is 74.2 Å². The second-order valence-electron chi connectivity index (χ2n) is 7.88. The lowest BCUT2D eigenvalue weighted by atomic mass is 9.50. The molecule has 0 spiro atoms. The topological polar surface area (TPSA) is 38.0 Å². The summed E-state index contributed by atoms with van der Waals surface area (Å²) in [6, 6.07) is 2.18. The van der Waals surface area contributed by atoms with Gasteiger partial charge in [0.25, 0.3) is 0 Å². The molecule has 1 N–H and O–H groups in total. The van der Waals surface area contributed by atoms with Gasteiger partial charge in [0.1, 0.15) is 0 Å². The van der Waals surface area contributed by atoms with Crippen LogP contribution < -0.4 is 0 Å². The summed E-state index contributed by atoms with van der Waals surface area (Å²) < 4.78 is 1.97. The van der Waals surface area contributed by atoms with Gasteiger partial charge in [-0.3, -0.25) is 4.68 Å². The summed E-state index contributed by atoms with van der Waals surface area (Å²) >= 11 is 0. The van der Waals surface area contributed by atoms with Gasteiger partial charge in [-0.15, -0.1) is 0 Å². The molecule has 1 aromatic rings. The van der Waals surface area contributed by atoms with E-state index in [1.807, 2.05) is 11.7 Å².